The first-order chi connectivity index (χ1) is 7.75. The Hall–Kier alpha value is -0.800. The van der Waals surface area contributed by atoms with Crippen molar-refractivity contribution in [2.45, 2.75) is 32.7 Å². The van der Waals surface area contributed by atoms with Crippen molar-refractivity contribution < 1.29 is 4.42 Å². The molecule has 1 aliphatic heterocycles. The van der Waals surface area contributed by atoms with Gasteiger partial charge in [0.2, 0.25) is 0 Å². The summed E-state index contributed by atoms with van der Waals surface area (Å²) in [6, 6.07) is 4.40. The van der Waals surface area contributed by atoms with Crippen molar-refractivity contribution in [3.05, 3.63) is 23.7 Å². The maximum atomic E-state index is 5.59. The van der Waals surface area contributed by atoms with E-state index in [4.69, 9.17) is 4.42 Å². The molecule has 0 amide bonds. The average Bonchev–Trinajstić information content (AvgIpc) is 2.89. The Balaban J connectivity index is 1.69. The minimum Gasteiger partial charge on any atom is -0.465 e. The van der Waals surface area contributed by atoms with Crippen LogP contribution >= 0.6 is 0 Å². The zero-order valence-electron chi connectivity index (χ0n) is 10.3. The molecule has 1 atom stereocenters. The second kappa shape index (κ2) is 5.51. The van der Waals surface area contributed by atoms with Crippen LogP contribution in [0.25, 0.3) is 0 Å². The molecule has 1 fully saturated rings. The van der Waals surface area contributed by atoms with E-state index in [0.29, 0.717) is 6.04 Å². The molecule has 2 rings (SSSR count). The SMILES string of the molecule is Cc1ccc(C(C)NCCN2CCCC2)o1. The second-order valence-electron chi connectivity index (χ2n) is 4.67. The fourth-order valence-corrected chi connectivity index (χ4v) is 2.23. The minimum atomic E-state index is 0.316. The van der Waals surface area contributed by atoms with Gasteiger partial charge < -0.3 is 14.6 Å². The molecule has 3 nitrogen and oxygen atoms in total. The summed E-state index contributed by atoms with van der Waals surface area (Å²) in [5.41, 5.74) is 0. The summed E-state index contributed by atoms with van der Waals surface area (Å²) in [6.07, 6.45) is 2.74. The van der Waals surface area contributed by atoms with Crippen LogP contribution in [0.2, 0.25) is 0 Å². The van der Waals surface area contributed by atoms with Crippen LogP contribution in [0, 0.1) is 6.92 Å². The fourth-order valence-electron chi connectivity index (χ4n) is 2.23. The van der Waals surface area contributed by atoms with Crippen LogP contribution in [-0.4, -0.2) is 31.1 Å². The molecule has 0 aliphatic carbocycles. The molecular formula is C13H22N2O. The molecule has 1 N–H and O–H groups in total. The van der Waals surface area contributed by atoms with E-state index in [-0.39, 0.29) is 0 Å². The van der Waals surface area contributed by atoms with Crippen molar-refractivity contribution in [3.63, 3.8) is 0 Å². The van der Waals surface area contributed by atoms with E-state index in [0.717, 1.165) is 24.6 Å². The van der Waals surface area contributed by atoms with E-state index in [2.05, 4.69) is 23.2 Å². The lowest BCUT2D eigenvalue weighted by Crippen LogP contribution is -2.31. The summed E-state index contributed by atoms with van der Waals surface area (Å²) in [7, 11) is 0. The summed E-state index contributed by atoms with van der Waals surface area (Å²) in [6.45, 7) is 8.89. The Morgan fingerprint density at radius 2 is 2.12 bits per heavy atom. The summed E-state index contributed by atoms with van der Waals surface area (Å²) >= 11 is 0. The molecule has 2 heterocycles. The van der Waals surface area contributed by atoms with Crippen LogP contribution < -0.4 is 5.32 Å². The third kappa shape index (κ3) is 3.09. The van der Waals surface area contributed by atoms with Crippen LogP contribution in [0.5, 0.6) is 0 Å². The Labute approximate surface area is 97.8 Å². The first kappa shape index (κ1) is 11.7. The van der Waals surface area contributed by atoms with Gasteiger partial charge in [0.15, 0.2) is 0 Å². The Bertz CT molecular complexity index is 315. The lowest BCUT2D eigenvalue weighted by atomic mass is 10.2. The monoisotopic (exact) mass is 222 g/mol. The van der Waals surface area contributed by atoms with Crippen LogP contribution in [0.15, 0.2) is 16.5 Å². The van der Waals surface area contributed by atoms with E-state index in [9.17, 15) is 0 Å². The number of hydrogen-bond acceptors (Lipinski definition) is 3. The second-order valence-corrected chi connectivity index (χ2v) is 4.67. The molecule has 1 unspecified atom stereocenters. The van der Waals surface area contributed by atoms with Crippen LogP contribution in [0.4, 0.5) is 0 Å². The van der Waals surface area contributed by atoms with Gasteiger partial charge in [0.25, 0.3) is 0 Å². The molecule has 0 saturated carbocycles. The van der Waals surface area contributed by atoms with Crippen LogP contribution in [0.1, 0.15) is 37.3 Å². The minimum absolute atomic E-state index is 0.316. The van der Waals surface area contributed by atoms with Gasteiger partial charge in [-0.1, -0.05) is 0 Å². The zero-order valence-corrected chi connectivity index (χ0v) is 10.3. The van der Waals surface area contributed by atoms with Gasteiger partial charge in [-0.2, -0.15) is 0 Å². The predicted molar refractivity (Wildman–Crippen MR) is 65.5 cm³/mol. The molecule has 0 bridgehead atoms. The smallest absolute Gasteiger partial charge is 0.120 e. The van der Waals surface area contributed by atoms with Crippen molar-refractivity contribution in [1.29, 1.82) is 0 Å². The fraction of sp³-hybridized carbons (Fsp3) is 0.692. The predicted octanol–water partition coefficient (Wildman–Crippen LogP) is 2.33. The summed E-state index contributed by atoms with van der Waals surface area (Å²) in [5, 5.41) is 3.50. The molecule has 1 aliphatic rings. The third-order valence-electron chi connectivity index (χ3n) is 3.27. The molecule has 1 aromatic heterocycles. The van der Waals surface area contributed by atoms with Crippen molar-refractivity contribution in [2.75, 3.05) is 26.2 Å². The first-order valence-electron chi connectivity index (χ1n) is 6.28. The quantitative estimate of drug-likeness (QED) is 0.829. The van der Waals surface area contributed by atoms with E-state index < -0.39 is 0 Å². The number of aryl methyl sites for hydroxylation is 1. The lowest BCUT2D eigenvalue weighted by Gasteiger charge is -2.17. The van der Waals surface area contributed by atoms with Gasteiger partial charge in [-0.15, -0.1) is 0 Å². The molecule has 3 heteroatoms. The number of rotatable bonds is 5. The maximum absolute atomic E-state index is 5.59. The molecule has 0 spiro atoms. The topological polar surface area (TPSA) is 28.4 Å². The summed E-state index contributed by atoms with van der Waals surface area (Å²) in [4.78, 5) is 2.52. The normalized spacial score (nSPS) is 19.1. The van der Waals surface area contributed by atoms with Crippen molar-refractivity contribution in [1.82, 2.24) is 10.2 Å². The zero-order chi connectivity index (χ0) is 11.4. The van der Waals surface area contributed by atoms with Gasteiger partial charge in [0, 0.05) is 13.1 Å². The van der Waals surface area contributed by atoms with Gasteiger partial charge >= 0.3 is 0 Å². The molecule has 90 valence electrons. The molecule has 0 aromatic carbocycles. The van der Waals surface area contributed by atoms with Crippen LogP contribution in [0.3, 0.4) is 0 Å². The molecule has 1 saturated heterocycles. The summed E-state index contributed by atoms with van der Waals surface area (Å²) in [5.74, 6) is 2.03. The van der Waals surface area contributed by atoms with E-state index in [1.54, 1.807) is 0 Å². The van der Waals surface area contributed by atoms with Gasteiger partial charge in [0.1, 0.15) is 11.5 Å². The Morgan fingerprint density at radius 1 is 1.38 bits per heavy atom. The number of furan rings is 1. The standard InChI is InChI=1S/C13H22N2O/c1-11-5-6-13(16-11)12(2)14-7-10-15-8-3-4-9-15/h5-6,12,14H,3-4,7-10H2,1-2H3. The Kier molecular flexibility index (Phi) is 4.02. The first-order valence-corrected chi connectivity index (χ1v) is 6.28. The number of hydrogen-bond donors (Lipinski definition) is 1. The van der Waals surface area contributed by atoms with E-state index >= 15 is 0 Å². The van der Waals surface area contributed by atoms with Crippen molar-refractivity contribution in [3.8, 4) is 0 Å². The molecule has 0 radical (unpaired) electrons. The number of nitrogens with one attached hydrogen (secondary N) is 1. The van der Waals surface area contributed by atoms with Crippen molar-refractivity contribution in [2.24, 2.45) is 0 Å². The van der Waals surface area contributed by atoms with Gasteiger partial charge in [-0.05, 0) is 51.9 Å². The third-order valence-corrected chi connectivity index (χ3v) is 3.27. The highest BCUT2D eigenvalue weighted by Crippen LogP contribution is 2.15. The maximum Gasteiger partial charge on any atom is 0.120 e. The van der Waals surface area contributed by atoms with E-state index in [1.807, 2.05) is 13.0 Å². The highest BCUT2D eigenvalue weighted by atomic mass is 16.3. The Morgan fingerprint density at radius 3 is 2.75 bits per heavy atom. The van der Waals surface area contributed by atoms with E-state index in [1.165, 1.54) is 25.9 Å². The summed E-state index contributed by atoms with van der Waals surface area (Å²) < 4.78 is 5.59. The van der Waals surface area contributed by atoms with Crippen molar-refractivity contribution >= 4 is 0 Å². The number of likely N-dealkylation sites (tertiary alicyclic amines) is 1. The molecular weight excluding hydrogens is 200 g/mol. The van der Waals surface area contributed by atoms with Gasteiger partial charge in [-0.3, -0.25) is 0 Å². The highest BCUT2D eigenvalue weighted by Gasteiger charge is 2.12. The molecule has 16 heavy (non-hydrogen) atoms. The largest absolute Gasteiger partial charge is 0.465 e. The number of nitrogens with zero attached hydrogens (tertiary/aromatic N) is 1. The lowest BCUT2D eigenvalue weighted by molar-refractivity contribution is 0.322. The average molecular weight is 222 g/mol. The van der Waals surface area contributed by atoms with Gasteiger partial charge in [0.05, 0.1) is 6.04 Å². The highest BCUT2D eigenvalue weighted by molar-refractivity contribution is 5.08. The van der Waals surface area contributed by atoms with Crippen LogP contribution in [-0.2, 0) is 0 Å². The molecule has 1 aromatic rings. The van der Waals surface area contributed by atoms with Gasteiger partial charge in [-0.25, -0.2) is 0 Å².